The zero-order valence-electron chi connectivity index (χ0n) is 15.8. The van der Waals surface area contributed by atoms with Gasteiger partial charge in [-0.15, -0.1) is 0 Å². The van der Waals surface area contributed by atoms with Gasteiger partial charge in [0, 0.05) is 40.2 Å². The Morgan fingerprint density at radius 3 is 2.97 bits per heavy atom. The first-order valence-corrected chi connectivity index (χ1v) is 10.3. The van der Waals surface area contributed by atoms with Crippen LogP contribution in [0.1, 0.15) is 16.9 Å². The lowest BCUT2D eigenvalue weighted by molar-refractivity contribution is 0.0924. The number of carbonyl (C=O) groups is 1. The second kappa shape index (κ2) is 7.15. The van der Waals surface area contributed by atoms with Crippen molar-refractivity contribution in [2.75, 3.05) is 13.1 Å². The largest absolute Gasteiger partial charge is 0.343 e. The van der Waals surface area contributed by atoms with Gasteiger partial charge in [-0.3, -0.25) is 14.9 Å². The summed E-state index contributed by atoms with van der Waals surface area (Å²) in [5.41, 5.74) is 1.53. The highest BCUT2D eigenvalue weighted by molar-refractivity contribution is 7.99. The third-order valence-electron chi connectivity index (χ3n) is 5.57. The molecule has 1 aromatic carbocycles. The molecule has 1 saturated carbocycles. The van der Waals surface area contributed by atoms with Crippen LogP contribution >= 0.6 is 11.8 Å². The van der Waals surface area contributed by atoms with Crippen LogP contribution in [0.25, 0.3) is 11.3 Å². The summed E-state index contributed by atoms with van der Waals surface area (Å²) in [6.07, 6.45) is 6.44. The minimum atomic E-state index is -0.293. The van der Waals surface area contributed by atoms with Crippen molar-refractivity contribution in [2.45, 2.75) is 21.8 Å². The molecule has 2 aliphatic rings. The van der Waals surface area contributed by atoms with Crippen LogP contribution < -0.4 is 5.32 Å². The van der Waals surface area contributed by atoms with E-state index in [1.54, 1.807) is 35.5 Å². The number of H-pyrrole nitrogens is 1. The number of fused-ring (bicyclic) bond motifs is 1. The monoisotopic (exact) mass is 420 g/mol. The third kappa shape index (κ3) is 3.39. The average Bonchev–Trinajstić information content (AvgIpc) is 3.10. The predicted molar refractivity (Wildman–Crippen MR) is 108 cm³/mol. The number of nitrogens with one attached hydrogen (secondary N) is 2. The number of piperidine rings is 1. The Balaban J connectivity index is 1.34. The maximum atomic E-state index is 13.2. The lowest BCUT2D eigenvalue weighted by atomic mass is 10.2. The van der Waals surface area contributed by atoms with Crippen molar-refractivity contribution in [3.63, 3.8) is 0 Å². The van der Waals surface area contributed by atoms with Gasteiger partial charge in [0.15, 0.2) is 6.19 Å². The molecule has 2 fully saturated rings. The van der Waals surface area contributed by atoms with Gasteiger partial charge < -0.3 is 10.2 Å². The number of nitriles is 1. The minimum Gasteiger partial charge on any atom is -0.343 e. The molecule has 1 amide bonds. The Bertz CT molecular complexity index is 1160. The number of carbonyl (C=O) groups excluding carboxylic acids is 1. The van der Waals surface area contributed by atoms with Gasteiger partial charge in [0.05, 0.1) is 17.8 Å². The molecule has 150 valence electrons. The lowest BCUT2D eigenvalue weighted by Gasteiger charge is -2.16. The quantitative estimate of drug-likeness (QED) is 0.616. The van der Waals surface area contributed by atoms with E-state index < -0.39 is 0 Å². The Morgan fingerprint density at radius 1 is 1.37 bits per heavy atom. The number of likely N-dealkylation sites (tertiary alicyclic amines) is 1. The van der Waals surface area contributed by atoms with E-state index in [1.165, 1.54) is 23.9 Å². The topological polar surface area (TPSA) is 97.7 Å². The maximum absolute atomic E-state index is 13.2. The zero-order valence-corrected chi connectivity index (χ0v) is 16.6. The highest BCUT2D eigenvalue weighted by Gasteiger charge is 2.61. The van der Waals surface area contributed by atoms with Gasteiger partial charge in [0.25, 0.3) is 5.91 Å². The van der Waals surface area contributed by atoms with Gasteiger partial charge in [-0.25, -0.2) is 4.39 Å². The van der Waals surface area contributed by atoms with E-state index in [4.69, 9.17) is 5.26 Å². The molecular formula is C21H17FN6OS. The molecule has 30 heavy (non-hydrogen) atoms. The van der Waals surface area contributed by atoms with E-state index in [2.05, 4.69) is 26.7 Å². The molecule has 7 nitrogen and oxygen atoms in total. The molecular weight excluding hydrogens is 403 g/mol. The summed E-state index contributed by atoms with van der Waals surface area (Å²) in [6.45, 7) is 1.26. The normalized spacial score (nSPS) is 21.7. The van der Waals surface area contributed by atoms with Crippen molar-refractivity contribution in [1.82, 2.24) is 25.4 Å². The fourth-order valence-corrected chi connectivity index (χ4v) is 4.85. The Kier molecular flexibility index (Phi) is 4.44. The van der Waals surface area contributed by atoms with Crippen LogP contribution in [-0.2, 0) is 0 Å². The van der Waals surface area contributed by atoms with Crippen LogP contribution in [-0.4, -0.2) is 44.6 Å². The van der Waals surface area contributed by atoms with Crippen LogP contribution in [0, 0.1) is 23.2 Å². The minimum absolute atomic E-state index is 0.224. The summed E-state index contributed by atoms with van der Waals surface area (Å²) < 4.78 is 13.2. The van der Waals surface area contributed by atoms with Crippen LogP contribution in [0.3, 0.4) is 0 Å². The summed E-state index contributed by atoms with van der Waals surface area (Å²) in [6, 6.07) is 9.79. The molecule has 3 aromatic rings. The van der Waals surface area contributed by atoms with Crippen molar-refractivity contribution < 1.29 is 9.18 Å². The number of rotatable bonds is 5. The summed E-state index contributed by atoms with van der Waals surface area (Å²) in [5, 5.41) is 19.3. The molecule has 2 aromatic heterocycles. The molecule has 0 spiro atoms. The Morgan fingerprint density at radius 2 is 2.20 bits per heavy atom. The second-order valence-electron chi connectivity index (χ2n) is 7.59. The van der Waals surface area contributed by atoms with Crippen LogP contribution in [0.2, 0.25) is 0 Å². The van der Waals surface area contributed by atoms with Crippen molar-refractivity contribution in [3.05, 3.63) is 60.3 Å². The number of halogens is 1. The van der Waals surface area contributed by atoms with Crippen molar-refractivity contribution in [2.24, 2.45) is 5.92 Å². The molecule has 1 aliphatic carbocycles. The van der Waals surface area contributed by atoms with Gasteiger partial charge >= 0.3 is 0 Å². The SMILES string of the molecule is N#CN1CC2C[C@]2(NC(=O)c2cc(-c3ccncc3Sc3ccc(F)cc3)n[nH]2)C1. The van der Waals surface area contributed by atoms with Crippen molar-refractivity contribution in [3.8, 4) is 17.5 Å². The smallest absolute Gasteiger partial charge is 0.269 e. The molecule has 2 N–H and O–H groups in total. The zero-order chi connectivity index (χ0) is 20.7. The lowest BCUT2D eigenvalue weighted by Crippen LogP contribution is -2.41. The van der Waals surface area contributed by atoms with E-state index in [9.17, 15) is 9.18 Å². The molecule has 1 aliphatic heterocycles. The first-order chi connectivity index (χ1) is 14.6. The van der Waals surface area contributed by atoms with Gasteiger partial charge in [-0.05, 0) is 42.8 Å². The maximum Gasteiger partial charge on any atom is 0.269 e. The fourth-order valence-electron chi connectivity index (χ4n) is 3.93. The molecule has 5 rings (SSSR count). The van der Waals surface area contributed by atoms with E-state index in [1.807, 2.05) is 6.07 Å². The van der Waals surface area contributed by atoms with Crippen LogP contribution in [0.5, 0.6) is 0 Å². The number of aromatic nitrogens is 3. The summed E-state index contributed by atoms with van der Waals surface area (Å²) in [5.74, 6) is -0.175. The van der Waals surface area contributed by atoms with Gasteiger partial charge in [0.2, 0.25) is 0 Å². The van der Waals surface area contributed by atoms with Crippen molar-refractivity contribution in [1.29, 1.82) is 5.26 Å². The van der Waals surface area contributed by atoms with Crippen LogP contribution in [0.4, 0.5) is 4.39 Å². The molecule has 2 atom stereocenters. The molecule has 9 heteroatoms. The number of amides is 1. The number of aromatic amines is 1. The molecule has 1 saturated heterocycles. The van der Waals surface area contributed by atoms with Crippen LogP contribution in [0.15, 0.2) is 58.6 Å². The third-order valence-corrected chi connectivity index (χ3v) is 6.63. The first kappa shape index (κ1) is 18.6. The van der Waals surface area contributed by atoms with Crippen molar-refractivity contribution >= 4 is 17.7 Å². The van der Waals surface area contributed by atoms with Gasteiger partial charge in [0.1, 0.15) is 11.5 Å². The number of hydrogen-bond acceptors (Lipinski definition) is 6. The first-order valence-electron chi connectivity index (χ1n) is 9.47. The standard InChI is InChI=1S/C21H17FN6OS/c22-14-1-3-15(4-2-14)30-19-9-24-6-5-16(19)17-7-18(27-26-17)20(29)25-21-8-13(21)10-28(11-21)12-23/h1-7,9,13H,8,10-11H2,(H,25,29)(H,26,27)/t13?,21-/m0/s1. The van der Waals surface area contributed by atoms with E-state index in [0.717, 1.165) is 21.8 Å². The molecule has 3 heterocycles. The van der Waals surface area contributed by atoms with E-state index in [0.29, 0.717) is 30.4 Å². The molecule has 1 unspecified atom stereocenters. The number of hydrogen-bond donors (Lipinski definition) is 2. The number of pyridine rings is 1. The number of nitrogens with zero attached hydrogens (tertiary/aromatic N) is 4. The number of benzene rings is 1. The van der Waals surface area contributed by atoms with Gasteiger partial charge in [-0.2, -0.15) is 10.4 Å². The Labute approximate surface area is 176 Å². The second-order valence-corrected chi connectivity index (χ2v) is 8.70. The highest BCUT2D eigenvalue weighted by atomic mass is 32.2. The fraction of sp³-hybridized carbons (Fsp3) is 0.238. The predicted octanol–water partition coefficient (Wildman–Crippen LogP) is 3.05. The summed E-state index contributed by atoms with van der Waals surface area (Å²) >= 11 is 1.45. The summed E-state index contributed by atoms with van der Waals surface area (Å²) in [7, 11) is 0. The average molecular weight is 420 g/mol. The van der Waals surface area contributed by atoms with Gasteiger partial charge in [-0.1, -0.05) is 11.8 Å². The molecule has 0 radical (unpaired) electrons. The summed E-state index contributed by atoms with van der Waals surface area (Å²) in [4.78, 5) is 20.3. The Hall–Kier alpha value is -3.38. The van der Waals surface area contributed by atoms with E-state index in [-0.39, 0.29) is 17.3 Å². The highest BCUT2D eigenvalue weighted by Crippen LogP contribution is 2.49. The van der Waals surface area contributed by atoms with E-state index >= 15 is 0 Å². The molecule has 0 bridgehead atoms.